The summed E-state index contributed by atoms with van der Waals surface area (Å²) in [5, 5.41) is 0. The Balaban J connectivity index is 1.60. The summed E-state index contributed by atoms with van der Waals surface area (Å²) in [5.74, 6) is 0.239. The second-order valence-electron chi connectivity index (χ2n) is 7.20. The van der Waals surface area contributed by atoms with Gasteiger partial charge in [-0.05, 0) is 39.5 Å². The van der Waals surface area contributed by atoms with Crippen molar-refractivity contribution >= 4 is 5.97 Å². The summed E-state index contributed by atoms with van der Waals surface area (Å²) in [7, 11) is 0. The van der Waals surface area contributed by atoms with Gasteiger partial charge in [0.1, 0.15) is 12.2 Å². The molecule has 0 spiro atoms. The van der Waals surface area contributed by atoms with E-state index >= 15 is 0 Å². The molecule has 19 heavy (non-hydrogen) atoms. The highest BCUT2D eigenvalue weighted by atomic mass is 16.6. The molecule has 3 aliphatic heterocycles. The topological polar surface area (TPSA) is 51.4 Å². The van der Waals surface area contributed by atoms with Crippen LogP contribution < -0.4 is 0 Å². The molecule has 0 bridgehead atoms. The number of fused-ring (bicyclic) bond motifs is 4. The summed E-state index contributed by atoms with van der Waals surface area (Å²) in [6, 6.07) is 0. The number of hydrogen-bond acceptors (Lipinski definition) is 4. The summed E-state index contributed by atoms with van der Waals surface area (Å²) in [4.78, 5) is 11.9. The van der Waals surface area contributed by atoms with Crippen molar-refractivity contribution in [2.75, 3.05) is 0 Å². The molecule has 1 unspecified atom stereocenters. The average molecular weight is 266 g/mol. The highest BCUT2D eigenvalue weighted by molar-refractivity contribution is 5.75. The van der Waals surface area contributed by atoms with Gasteiger partial charge in [0.15, 0.2) is 0 Å². The molecule has 4 heteroatoms. The van der Waals surface area contributed by atoms with Gasteiger partial charge in [-0.15, -0.1) is 0 Å². The van der Waals surface area contributed by atoms with Crippen molar-refractivity contribution in [1.29, 1.82) is 0 Å². The molecule has 4 rings (SSSR count). The molecule has 1 saturated carbocycles. The van der Waals surface area contributed by atoms with Gasteiger partial charge in [-0.2, -0.15) is 0 Å². The fourth-order valence-electron chi connectivity index (χ4n) is 4.11. The largest absolute Gasteiger partial charge is 0.459 e. The van der Waals surface area contributed by atoms with E-state index in [9.17, 15) is 4.79 Å². The maximum absolute atomic E-state index is 11.9. The van der Waals surface area contributed by atoms with Crippen LogP contribution in [0.3, 0.4) is 0 Å². The molecule has 0 amide bonds. The summed E-state index contributed by atoms with van der Waals surface area (Å²) < 4.78 is 17.4. The molecule has 7 atom stereocenters. The number of esters is 1. The minimum atomic E-state index is -0.0997. The standard InChI is InChI=1S/C15H22O4/c1-8-9-4-6-14(2)10(18-14)5-7-15(3)12(19-15)11(9)17-13(8)16/h8-12H,4-7H2,1-3H3/t8-,9-,10+,11-,12-,14?,15+/m0/s1. The molecule has 4 nitrogen and oxygen atoms in total. The zero-order chi connectivity index (χ0) is 13.4. The van der Waals surface area contributed by atoms with Crippen molar-refractivity contribution in [2.24, 2.45) is 11.8 Å². The summed E-state index contributed by atoms with van der Waals surface area (Å²) in [5.41, 5.74) is -0.0640. The summed E-state index contributed by atoms with van der Waals surface area (Å²) in [6.07, 6.45) is 4.56. The molecule has 3 saturated heterocycles. The predicted molar refractivity (Wildman–Crippen MR) is 67.6 cm³/mol. The summed E-state index contributed by atoms with van der Waals surface area (Å²) >= 11 is 0. The lowest BCUT2D eigenvalue weighted by Crippen LogP contribution is -2.31. The van der Waals surface area contributed by atoms with Gasteiger partial charge < -0.3 is 14.2 Å². The van der Waals surface area contributed by atoms with Crippen LogP contribution in [-0.4, -0.2) is 35.5 Å². The smallest absolute Gasteiger partial charge is 0.309 e. The second kappa shape index (κ2) is 3.53. The van der Waals surface area contributed by atoms with Crippen molar-refractivity contribution in [2.45, 2.75) is 76.0 Å². The Labute approximate surface area is 113 Å². The van der Waals surface area contributed by atoms with Gasteiger partial charge in [-0.3, -0.25) is 4.79 Å². The molecule has 3 heterocycles. The van der Waals surface area contributed by atoms with Crippen LogP contribution in [0.25, 0.3) is 0 Å². The second-order valence-corrected chi connectivity index (χ2v) is 7.20. The highest BCUT2D eigenvalue weighted by Crippen LogP contribution is 2.54. The fourth-order valence-corrected chi connectivity index (χ4v) is 4.11. The van der Waals surface area contributed by atoms with Crippen LogP contribution in [0.2, 0.25) is 0 Å². The lowest BCUT2D eigenvalue weighted by atomic mass is 9.79. The van der Waals surface area contributed by atoms with Crippen LogP contribution in [0.4, 0.5) is 0 Å². The van der Waals surface area contributed by atoms with Gasteiger partial charge in [0.05, 0.1) is 23.2 Å². The lowest BCUT2D eigenvalue weighted by Gasteiger charge is -2.21. The normalized spacial score (nSPS) is 59.5. The van der Waals surface area contributed by atoms with Crippen LogP contribution in [0.1, 0.15) is 46.5 Å². The first-order valence-corrected chi connectivity index (χ1v) is 7.49. The zero-order valence-electron chi connectivity index (χ0n) is 11.8. The van der Waals surface area contributed by atoms with Crippen LogP contribution in [0.5, 0.6) is 0 Å². The fraction of sp³-hybridized carbons (Fsp3) is 0.933. The van der Waals surface area contributed by atoms with Crippen molar-refractivity contribution in [3.8, 4) is 0 Å². The molecular formula is C15H22O4. The Bertz CT molecular complexity index is 436. The van der Waals surface area contributed by atoms with Crippen molar-refractivity contribution < 1.29 is 19.0 Å². The quantitative estimate of drug-likeness (QED) is 0.497. The number of rotatable bonds is 0. The third kappa shape index (κ3) is 1.69. The Morgan fingerprint density at radius 1 is 1.11 bits per heavy atom. The number of hydrogen-bond donors (Lipinski definition) is 0. The Morgan fingerprint density at radius 2 is 1.84 bits per heavy atom. The Hall–Kier alpha value is -0.610. The van der Waals surface area contributed by atoms with Gasteiger partial charge in [0, 0.05) is 5.92 Å². The molecule has 0 radical (unpaired) electrons. The molecule has 106 valence electrons. The molecule has 0 aromatic carbocycles. The lowest BCUT2D eigenvalue weighted by molar-refractivity contribution is -0.144. The molecule has 0 aromatic heterocycles. The van der Waals surface area contributed by atoms with E-state index in [1.807, 2.05) is 6.92 Å². The van der Waals surface area contributed by atoms with E-state index in [0.717, 1.165) is 25.7 Å². The first kappa shape index (κ1) is 12.2. The highest BCUT2D eigenvalue weighted by Gasteiger charge is 2.64. The molecule has 1 aliphatic carbocycles. The third-order valence-corrected chi connectivity index (χ3v) is 5.84. The Morgan fingerprint density at radius 3 is 2.63 bits per heavy atom. The van der Waals surface area contributed by atoms with E-state index in [1.165, 1.54) is 0 Å². The van der Waals surface area contributed by atoms with E-state index in [1.54, 1.807) is 0 Å². The van der Waals surface area contributed by atoms with E-state index in [-0.39, 0.29) is 35.3 Å². The number of ether oxygens (including phenoxy) is 3. The van der Waals surface area contributed by atoms with E-state index in [2.05, 4.69) is 13.8 Å². The maximum Gasteiger partial charge on any atom is 0.309 e. The van der Waals surface area contributed by atoms with Crippen LogP contribution in [0, 0.1) is 11.8 Å². The first-order valence-electron chi connectivity index (χ1n) is 7.49. The molecule has 0 aromatic rings. The third-order valence-electron chi connectivity index (χ3n) is 5.84. The van der Waals surface area contributed by atoms with E-state index in [0.29, 0.717) is 12.0 Å². The van der Waals surface area contributed by atoms with Gasteiger partial charge >= 0.3 is 5.97 Å². The first-order chi connectivity index (χ1) is 8.93. The molecule has 4 aliphatic rings. The van der Waals surface area contributed by atoms with E-state index < -0.39 is 0 Å². The minimum Gasteiger partial charge on any atom is -0.459 e. The maximum atomic E-state index is 11.9. The molecule has 0 N–H and O–H groups in total. The predicted octanol–water partition coefficient (Wildman–Crippen LogP) is 2.05. The zero-order valence-corrected chi connectivity index (χ0v) is 11.8. The SMILES string of the molecule is C[C@@H]1C(=O)O[C@H]2[C@H]1CCC1(C)O[C@@H]1CC[C@@]1(C)O[C@@H]21. The molecule has 4 fully saturated rings. The molecular weight excluding hydrogens is 244 g/mol. The van der Waals surface area contributed by atoms with Gasteiger partial charge in [-0.1, -0.05) is 6.92 Å². The van der Waals surface area contributed by atoms with Gasteiger partial charge in [0.2, 0.25) is 0 Å². The van der Waals surface area contributed by atoms with Crippen molar-refractivity contribution in [1.82, 2.24) is 0 Å². The number of carbonyl (C=O) groups excluding carboxylic acids is 1. The minimum absolute atomic E-state index is 0.00123. The van der Waals surface area contributed by atoms with E-state index in [4.69, 9.17) is 14.2 Å². The van der Waals surface area contributed by atoms with Crippen LogP contribution >= 0.6 is 0 Å². The summed E-state index contributed by atoms with van der Waals surface area (Å²) in [6.45, 7) is 6.34. The average Bonchev–Trinajstić information content (AvgIpc) is 3.18. The monoisotopic (exact) mass is 266 g/mol. The van der Waals surface area contributed by atoms with Gasteiger partial charge in [0.25, 0.3) is 0 Å². The van der Waals surface area contributed by atoms with Gasteiger partial charge in [-0.25, -0.2) is 0 Å². The Kier molecular flexibility index (Phi) is 2.26. The van der Waals surface area contributed by atoms with Crippen LogP contribution in [0.15, 0.2) is 0 Å². The van der Waals surface area contributed by atoms with Crippen LogP contribution in [-0.2, 0) is 19.0 Å². The van der Waals surface area contributed by atoms with Crippen molar-refractivity contribution in [3.05, 3.63) is 0 Å². The van der Waals surface area contributed by atoms with Crippen molar-refractivity contribution in [3.63, 3.8) is 0 Å². The number of epoxide rings is 2. The number of carbonyl (C=O) groups is 1.